The minimum atomic E-state index is -0.161. The summed E-state index contributed by atoms with van der Waals surface area (Å²) in [5, 5.41) is 7.97. The van der Waals surface area contributed by atoms with E-state index in [1.165, 1.54) is 11.3 Å². The molecule has 0 radical (unpaired) electrons. The maximum Gasteiger partial charge on any atom is 0.262 e. The SMILES string of the molecule is COCCNCCNC(=O)c1sc2cc(Cl)ccc2c1Cl.Cl. The third-order valence-corrected chi connectivity index (χ3v) is 4.76. The number of carbonyl (C=O) groups is 1. The number of rotatable bonds is 7. The first-order valence-electron chi connectivity index (χ1n) is 6.49. The fraction of sp³-hybridized carbons (Fsp3) is 0.357. The molecule has 0 saturated heterocycles. The maximum absolute atomic E-state index is 12.1. The van der Waals surface area contributed by atoms with Gasteiger partial charge in [-0.2, -0.15) is 0 Å². The van der Waals surface area contributed by atoms with E-state index >= 15 is 0 Å². The quantitative estimate of drug-likeness (QED) is 0.718. The van der Waals surface area contributed by atoms with Crippen LogP contribution in [0.1, 0.15) is 9.67 Å². The maximum atomic E-state index is 12.1. The molecule has 2 aromatic rings. The van der Waals surface area contributed by atoms with Crippen molar-refractivity contribution in [1.29, 1.82) is 0 Å². The van der Waals surface area contributed by atoms with Crippen molar-refractivity contribution in [3.05, 3.63) is 33.1 Å². The number of nitrogens with one attached hydrogen (secondary N) is 2. The van der Waals surface area contributed by atoms with Crippen LogP contribution < -0.4 is 10.6 Å². The van der Waals surface area contributed by atoms with Gasteiger partial charge in [-0.3, -0.25) is 4.79 Å². The van der Waals surface area contributed by atoms with E-state index < -0.39 is 0 Å². The molecule has 0 aliphatic heterocycles. The van der Waals surface area contributed by atoms with Gasteiger partial charge in [0.15, 0.2) is 0 Å². The topological polar surface area (TPSA) is 50.4 Å². The van der Waals surface area contributed by atoms with E-state index in [2.05, 4.69) is 10.6 Å². The van der Waals surface area contributed by atoms with E-state index in [0.29, 0.717) is 34.6 Å². The highest BCUT2D eigenvalue weighted by atomic mass is 35.5. The summed E-state index contributed by atoms with van der Waals surface area (Å²) in [7, 11) is 1.65. The lowest BCUT2D eigenvalue weighted by molar-refractivity contribution is 0.0958. The lowest BCUT2D eigenvalue weighted by Crippen LogP contribution is -2.32. The predicted molar refractivity (Wildman–Crippen MR) is 96.2 cm³/mol. The molecule has 2 rings (SSSR count). The Bertz CT molecular complexity index is 634. The van der Waals surface area contributed by atoms with Crippen molar-refractivity contribution in [2.24, 2.45) is 0 Å². The van der Waals surface area contributed by atoms with Crippen molar-refractivity contribution < 1.29 is 9.53 Å². The Morgan fingerprint density at radius 1 is 1.27 bits per heavy atom. The zero-order chi connectivity index (χ0) is 15.2. The smallest absolute Gasteiger partial charge is 0.262 e. The highest BCUT2D eigenvalue weighted by molar-refractivity contribution is 7.21. The summed E-state index contributed by atoms with van der Waals surface area (Å²) in [6.07, 6.45) is 0. The van der Waals surface area contributed by atoms with Crippen molar-refractivity contribution in [3.63, 3.8) is 0 Å². The molecule has 1 aromatic heterocycles. The number of amides is 1. The number of methoxy groups -OCH3 is 1. The van der Waals surface area contributed by atoms with Crippen molar-refractivity contribution in [3.8, 4) is 0 Å². The lowest BCUT2D eigenvalue weighted by atomic mass is 10.2. The average Bonchev–Trinajstić information content (AvgIpc) is 2.79. The molecular formula is C14H17Cl3N2O2S. The number of fused-ring (bicyclic) bond motifs is 1. The Morgan fingerprint density at radius 2 is 2.05 bits per heavy atom. The standard InChI is InChI=1S/C14H16Cl2N2O2S.ClH/c1-20-7-6-17-4-5-18-14(19)13-12(16)10-3-2-9(15)8-11(10)21-13;/h2-3,8,17H,4-7H2,1H3,(H,18,19);1H. The summed E-state index contributed by atoms with van der Waals surface area (Å²) in [6.45, 7) is 2.63. The Morgan fingerprint density at radius 3 is 2.77 bits per heavy atom. The summed E-state index contributed by atoms with van der Waals surface area (Å²) >= 11 is 13.6. The van der Waals surface area contributed by atoms with Gasteiger partial charge in [0.2, 0.25) is 0 Å². The zero-order valence-electron chi connectivity index (χ0n) is 11.9. The van der Waals surface area contributed by atoms with E-state index in [4.69, 9.17) is 27.9 Å². The molecule has 0 unspecified atom stereocenters. The Hall–Kier alpha value is -0.560. The summed E-state index contributed by atoms with van der Waals surface area (Å²) < 4.78 is 5.83. The van der Waals surface area contributed by atoms with Gasteiger partial charge in [0.25, 0.3) is 5.91 Å². The van der Waals surface area contributed by atoms with Crippen LogP contribution >= 0.6 is 46.9 Å². The molecule has 0 spiro atoms. The molecular weight excluding hydrogens is 367 g/mol. The third kappa shape index (κ3) is 4.98. The predicted octanol–water partition coefficient (Wildman–Crippen LogP) is 3.60. The highest BCUT2D eigenvalue weighted by Gasteiger charge is 2.16. The average molecular weight is 384 g/mol. The molecule has 0 fully saturated rings. The second-order valence-corrected chi connectivity index (χ2v) is 6.25. The Balaban J connectivity index is 0.00000242. The Labute approximate surface area is 149 Å². The monoisotopic (exact) mass is 382 g/mol. The molecule has 1 heterocycles. The van der Waals surface area contributed by atoms with Crippen LogP contribution in [0.5, 0.6) is 0 Å². The van der Waals surface area contributed by atoms with Gasteiger partial charge in [-0.05, 0) is 12.1 Å². The number of ether oxygens (including phenoxy) is 1. The first kappa shape index (κ1) is 19.5. The van der Waals surface area contributed by atoms with Gasteiger partial charge in [-0.15, -0.1) is 23.7 Å². The molecule has 0 saturated carbocycles. The van der Waals surface area contributed by atoms with Gasteiger partial charge in [0.05, 0.1) is 11.6 Å². The third-order valence-electron chi connectivity index (χ3n) is 2.87. The van der Waals surface area contributed by atoms with Crippen LogP contribution in [0, 0.1) is 0 Å². The molecule has 2 N–H and O–H groups in total. The van der Waals surface area contributed by atoms with Crippen LogP contribution in [-0.4, -0.2) is 39.3 Å². The van der Waals surface area contributed by atoms with Crippen LogP contribution in [0.15, 0.2) is 18.2 Å². The van der Waals surface area contributed by atoms with Crippen LogP contribution in [0.4, 0.5) is 0 Å². The summed E-state index contributed by atoms with van der Waals surface area (Å²) in [4.78, 5) is 12.7. The number of benzene rings is 1. The minimum Gasteiger partial charge on any atom is -0.383 e. The number of halogens is 3. The molecule has 0 aliphatic rings. The van der Waals surface area contributed by atoms with E-state index in [1.54, 1.807) is 13.2 Å². The highest BCUT2D eigenvalue weighted by Crippen LogP contribution is 2.36. The summed E-state index contributed by atoms with van der Waals surface area (Å²) in [6, 6.07) is 5.42. The van der Waals surface area contributed by atoms with Gasteiger partial charge >= 0.3 is 0 Å². The van der Waals surface area contributed by atoms with E-state index in [-0.39, 0.29) is 18.3 Å². The van der Waals surface area contributed by atoms with Gasteiger partial charge in [-0.25, -0.2) is 0 Å². The van der Waals surface area contributed by atoms with Crippen molar-refractivity contribution in [1.82, 2.24) is 10.6 Å². The van der Waals surface area contributed by atoms with Crippen LogP contribution in [-0.2, 0) is 4.74 Å². The number of hydrogen-bond acceptors (Lipinski definition) is 4. The molecule has 1 amide bonds. The first-order chi connectivity index (χ1) is 10.1. The van der Waals surface area contributed by atoms with Crippen molar-refractivity contribution in [2.45, 2.75) is 0 Å². The molecule has 0 bridgehead atoms. The van der Waals surface area contributed by atoms with Gasteiger partial charge in [0, 0.05) is 41.9 Å². The van der Waals surface area contributed by atoms with Crippen LogP contribution in [0.3, 0.4) is 0 Å². The fourth-order valence-corrected chi connectivity index (χ4v) is 3.54. The molecule has 0 atom stereocenters. The normalized spacial score (nSPS) is 10.5. The van der Waals surface area contributed by atoms with Crippen molar-refractivity contribution in [2.75, 3.05) is 33.4 Å². The molecule has 122 valence electrons. The second-order valence-electron chi connectivity index (χ2n) is 4.38. The molecule has 0 aliphatic carbocycles. The second kappa shape index (κ2) is 9.55. The van der Waals surface area contributed by atoms with Gasteiger partial charge in [-0.1, -0.05) is 29.3 Å². The van der Waals surface area contributed by atoms with E-state index in [9.17, 15) is 4.79 Å². The lowest BCUT2D eigenvalue weighted by Gasteiger charge is -2.05. The number of carbonyl (C=O) groups excluding carboxylic acids is 1. The van der Waals surface area contributed by atoms with Gasteiger partial charge in [0.1, 0.15) is 4.88 Å². The molecule has 1 aromatic carbocycles. The molecule has 22 heavy (non-hydrogen) atoms. The minimum absolute atomic E-state index is 0. The summed E-state index contributed by atoms with van der Waals surface area (Å²) in [5.74, 6) is -0.161. The number of thiophene rings is 1. The van der Waals surface area contributed by atoms with Crippen LogP contribution in [0.2, 0.25) is 10.0 Å². The van der Waals surface area contributed by atoms with Gasteiger partial charge < -0.3 is 15.4 Å². The molecule has 8 heteroatoms. The van der Waals surface area contributed by atoms with Crippen molar-refractivity contribution >= 4 is 62.9 Å². The van der Waals surface area contributed by atoms with E-state index in [0.717, 1.165) is 16.6 Å². The van der Waals surface area contributed by atoms with E-state index in [1.807, 2.05) is 12.1 Å². The summed E-state index contributed by atoms with van der Waals surface area (Å²) in [5.41, 5.74) is 0. The number of hydrogen-bond donors (Lipinski definition) is 2. The Kier molecular flexibility index (Phi) is 8.46. The largest absolute Gasteiger partial charge is 0.383 e. The molecule has 4 nitrogen and oxygen atoms in total. The fourth-order valence-electron chi connectivity index (χ4n) is 1.83. The zero-order valence-corrected chi connectivity index (χ0v) is 15.1. The first-order valence-corrected chi connectivity index (χ1v) is 8.06. The van der Waals surface area contributed by atoms with Crippen LogP contribution in [0.25, 0.3) is 10.1 Å².